The predicted molar refractivity (Wildman–Crippen MR) is 181 cm³/mol. The van der Waals surface area contributed by atoms with Crippen molar-refractivity contribution in [2.75, 3.05) is 19.8 Å². The van der Waals surface area contributed by atoms with Crippen LogP contribution in [0.5, 0.6) is 0 Å². The van der Waals surface area contributed by atoms with Crippen molar-refractivity contribution < 1.29 is 38.5 Å². The summed E-state index contributed by atoms with van der Waals surface area (Å²) in [6.45, 7) is 0.303. The molecule has 11 heteroatoms. The summed E-state index contributed by atoms with van der Waals surface area (Å²) in [4.78, 5) is 54.8. The van der Waals surface area contributed by atoms with E-state index >= 15 is 0 Å². The van der Waals surface area contributed by atoms with Crippen LogP contribution in [0.2, 0.25) is 0 Å². The van der Waals surface area contributed by atoms with E-state index in [4.69, 9.17) is 14.2 Å². The zero-order valence-electron chi connectivity index (χ0n) is 27.4. The second-order valence-corrected chi connectivity index (χ2v) is 12.3. The van der Waals surface area contributed by atoms with Crippen LogP contribution < -0.4 is 10.6 Å². The van der Waals surface area contributed by atoms with Crippen LogP contribution in [0.3, 0.4) is 0 Å². The summed E-state index contributed by atoms with van der Waals surface area (Å²) >= 11 is 0. The first-order chi connectivity index (χ1) is 23.9. The van der Waals surface area contributed by atoms with Crippen molar-refractivity contribution in [2.24, 2.45) is 5.92 Å². The second kappa shape index (κ2) is 18.0. The third-order valence-electron chi connectivity index (χ3n) is 8.63. The minimum atomic E-state index is -1.04. The molecule has 2 aliphatic rings. The zero-order chi connectivity index (χ0) is 34.4. The second-order valence-electron chi connectivity index (χ2n) is 12.3. The van der Waals surface area contributed by atoms with Crippen LogP contribution in [0.4, 0.5) is 4.79 Å². The number of nitrogens with one attached hydrogen (secondary N) is 2. The van der Waals surface area contributed by atoms with E-state index in [1.807, 2.05) is 84.9 Å². The van der Waals surface area contributed by atoms with Gasteiger partial charge in [0.05, 0.1) is 37.8 Å². The molecule has 11 nitrogen and oxygen atoms in total. The maximum absolute atomic E-state index is 13.7. The number of hydrogen-bond acceptors (Lipinski definition) is 8. The lowest BCUT2D eigenvalue weighted by atomic mass is 9.92. The molecule has 4 atom stereocenters. The molecule has 3 N–H and O–H groups in total. The van der Waals surface area contributed by atoms with Gasteiger partial charge < -0.3 is 34.9 Å². The van der Waals surface area contributed by atoms with Gasteiger partial charge in [0.15, 0.2) is 0 Å². The highest BCUT2D eigenvalue weighted by molar-refractivity contribution is 5.86. The number of cyclic esters (lactones) is 1. The van der Waals surface area contributed by atoms with Crippen LogP contribution in [0.1, 0.15) is 41.5 Å². The summed E-state index contributed by atoms with van der Waals surface area (Å²) in [6, 6.07) is 24.4. The molecule has 0 fully saturated rings. The van der Waals surface area contributed by atoms with E-state index in [2.05, 4.69) is 10.6 Å². The molecule has 0 aliphatic carbocycles. The molecule has 5 rings (SSSR count). The standard InChI is InChI=1S/C38H43N3O8/c42-22-33-19-29-15-7-8-17-31(29)21-41(33)35(43)20-30-16-9-10-18-34(40-38(46)49-24-28-13-5-2-6-14-28)37(45)48-26-32(39-36(30)44)25-47-23-27-11-3-1-4-12-27/h1-15,17,30,32-34,42H,16,18-26H2,(H,39,44)(H,40,46)/t30-,32+,33+,34-/m1/s1. The van der Waals surface area contributed by atoms with Gasteiger partial charge in [-0.1, -0.05) is 97.1 Å². The highest BCUT2D eigenvalue weighted by Crippen LogP contribution is 2.25. The van der Waals surface area contributed by atoms with Crippen molar-refractivity contribution in [1.82, 2.24) is 15.5 Å². The number of alkyl carbamates (subject to hydrolysis) is 1. The number of carbonyl (C=O) groups excluding carboxylic acids is 4. The number of fused-ring (bicyclic) bond motifs is 1. The molecule has 49 heavy (non-hydrogen) atoms. The summed E-state index contributed by atoms with van der Waals surface area (Å²) in [5, 5.41) is 15.6. The van der Waals surface area contributed by atoms with E-state index in [0.29, 0.717) is 13.0 Å². The lowest BCUT2D eigenvalue weighted by molar-refractivity contribution is -0.148. The normalized spacial score (nSPS) is 21.3. The summed E-state index contributed by atoms with van der Waals surface area (Å²) < 4.78 is 16.8. The third kappa shape index (κ3) is 10.5. The third-order valence-corrected chi connectivity index (χ3v) is 8.63. The Balaban J connectivity index is 1.28. The largest absolute Gasteiger partial charge is 0.462 e. The monoisotopic (exact) mass is 669 g/mol. The highest BCUT2D eigenvalue weighted by Gasteiger charge is 2.33. The van der Waals surface area contributed by atoms with E-state index < -0.39 is 30.1 Å². The number of allylic oxidation sites excluding steroid dienone is 1. The van der Waals surface area contributed by atoms with E-state index in [0.717, 1.165) is 22.3 Å². The van der Waals surface area contributed by atoms with Gasteiger partial charge in [-0.3, -0.25) is 9.59 Å². The fourth-order valence-corrected chi connectivity index (χ4v) is 5.89. The maximum atomic E-state index is 13.7. The van der Waals surface area contributed by atoms with Gasteiger partial charge in [0.1, 0.15) is 19.3 Å². The Bertz CT molecular complexity index is 1580. The molecule has 2 aliphatic heterocycles. The van der Waals surface area contributed by atoms with Crippen LogP contribution in [0.25, 0.3) is 0 Å². The van der Waals surface area contributed by atoms with Gasteiger partial charge in [0.2, 0.25) is 11.8 Å². The Hall–Kier alpha value is -5.00. The lowest BCUT2D eigenvalue weighted by Crippen LogP contribution is -2.49. The van der Waals surface area contributed by atoms with Gasteiger partial charge in [-0.05, 0) is 41.5 Å². The van der Waals surface area contributed by atoms with Crippen molar-refractivity contribution in [3.63, 3.8) is 0 Å². The van der Waals surface area contributed by atoms with Gasteiger partial charge in [0, 0.05) is 13.0 Å². The molecule has 0 aromatic heterocycles. The first-order valence-corrected chi connectivity index (χ1v) is 16.6. The quantitative estimate of drug-likeness (QED) is 0.219. The lowest BCUT2D eigenvalue weighted by Gasteiger charge is -2.36. The number of amides is 3. The summed E-state index contributed by atoms with van der Waals surface area (Å²) in [7, 11) is 0. The molecule has 3 aromatic carbocycles. The smallest absolute Gasteiger partial charge is 0.408 e. The Kier molecular flexibility index (Phi) is 12.9. The number of rotatable bonds is 10. The summed E-state index contributed by atoms with van der Waals surface area (Å²) in [6.07, 6.45) is 3.39. The van der Waals surface area contributed by atoms with E-state index in [1.165, 1.54) is 0 Å². The first-order valence-electron chi connectivity index (χ1n) is 16.6. The fraction of sp³-hybridized carbons (Fsp3) is 0.368. The molecule has 3 amide bonds. The maximum Gasteiger partial charge on any atom is 0.408 e. The molecule has 0 saturated heterocycles. The number of carbonyl (C=O) groups is 4. The molecule has 0 saturated carbocycles. The van der Waals surface area contributed by atoms with Gasteiger partial charge in [-0.15, -0.1) is 0 Å². The Morgan fingerprint density at radius 2 is 1.53 bits per heavy atom. The van der Waals surface area contributed by atoms with Gasteiger partial charge >= 0.3 is 12.1 Å². The molecule has 0 unspecified atom stereocenters. The molecular weight excluding hydrogens is 626 g/mol. The minimum Gasteiger partial charge on any atom is -0.462 e. The van der Waals surface area contributed by atoms with Gasteiger partial charge in [0.25, 0.3) is 0 Å². The van der Waals surface area contributed by atoms with Crippen LogP contribution in [-0.4, -0.2) is 71.8 Å². The van der Waals surface area contributed by atoms with Crippen molar-refractivity contribution in [2.45, 2.75) is 63.6 Å². The Morgan fingerprint density at radius 1 is 0.878 bits per heavy atom. The molecule has 0 spiro atoms. The molecular formula is C38H43N3O8. The van der Waals surface area contributed by atoms with Gasteiger partial charge in [-0.2, -0.15) is 0 Å². The van der Waals surface area contributed by atoms with Crippen LogP contribution in [0, 0.1) is 5.92 Å². The minimum absolute atomic E-state index is 0.0343. The van der Waals surface area contributed by atoms with Crippen LogP contribution in [-0.2, 0) is 54.8 Å². The van der Waals surface area contributed by atoms with Gasteiger partial charge in [-0.25, -0.2) is 9.59 Å². The Labute approximate surface area is 286 Å². The van der Waals surface area contributed by atoms with Crippen LogP contribution >= 0.6 is 0 Å². The average molecular weight is 670 g/mol. The Morgan fingerprint density at radius 3 is 2.24 bits per heavy atom. The zero-order valence-corrected chi connectivity index (χ0v) is 27.4. The topological polar surface area (TPSA) is 144 Å². The van der Waals surface area contributed by atoms with E-state index in [9.17, 15) is 24.3 Å². The van der Waals surface area contributed by atoms with Crippen LogP contribution in [0.15, 0.2) is 97.1 Å². The molecule has 258 valence electrons. The van der Waals surface area contributed by atoms with Crippen molar-refractivity contribution in [3.8, 4) is 0 Å². The number of hydrogen-bond donors (Lipinski definition) is 3. The molecule has 0 bridgehead atoms. The SMILES string of the molecule is O=C(N[C@@H]1CC=CC[C@H](CC(=O)N2Cc3ccccc3C[C@H]2CO)C(=O)N[C@@H](COCc2ccccc2)COC1=O)OCc1ccccc1. The van der Waals surface area contributed by atoms with E-state index in [-0.39, 0.29) is 70.2 Å². The first kappa shape index (κ1) is 35.3. The fourth-order valence-electron chi connectivity index (χ4n) is 5.89. The highest BCUT2D eigenvalue weighted by atomic mass is 16.6. The average Bonchev–Trinajstić information content (AvgIpc) is 3.13. The van der Waals surface area contributed by atoms with Crippen molar-refractivity contribution in [1.29, 1.82) is 0 Å². The number of nitrogens with zero attached hydrogens (tertiary/aromatic N) is 1. The van der Waals surface area contributed by atoms with Crippen molar-refractivity contribution >= 4 is 23.9 Å². The number of aliphatic hydroxyl groups excluding tert-OH is 1. The van der Waals surface area contributed by atoms with Crippen molar-refractivity contribution in [3.05, 3.63) is 119 Å². The molecule has 2 heterocycles. The molecule has 3 aromatic rings. The molecule has 0 radical (unpaired) electrons. The van der Waals surface area contributed by atoms with E-state index in [1.54, 1.807) is 17.1 Å². The summed E-state index contributed by atoms with van der Waals surface area (Å²) in [5.74, 6) is -2.04. The number of aliphatic hydroxyl groups is 1. The number of ether oxygens (including phenoxy) is 3. The predicted octanol–water partition coefficient (Wildman–Crippen LogP) is 3.83. The number of benzene rings is 3. The summed E-state index contributed by atoms with van der Waals surface area (Å²) in [5.41, 5.74) is 3.85. The number of esters is 1.